The molecule has 1 fully saturated rings. The highest BCUT2D eigenvalue weighted by Gasteiger charge is 2.20. The van der Waals surface area contributed by atoms with Crippen LogP contribution in [0.25, 0.3) is 11.1 Å². The third-order valence-electron chi connectivity index (χ3n) is 5.30. The molecule has 3 nitrogen and oxygen atoms in total. The average molecular weight is 337 g/mol. The van der Waals surface area contributed by atoms with Crippen molar-refractivity contribution in [1.82, 2.24) is 5.32 Å². The Morgan fingerprint density at radius 1 is 1.04 bits per heavy atom. The smallest absolute Gasteiger partial charge is 0.251 e. The van der Waals surface area contributed by atoms with Gasteiger partial charge in [0.2, 0.25) is 0 Å². The van der Waals surface area contributed by atoms with Crippen molar-refractivity contribution in [1.29, 1.82) is 0 Å². The van der Waals surface area contributed by atoms with Crippen LogP contribution in [0.1, 0.15) is 43.0 Å². The fraction of sp³-hybridized carbons (Fsp3) is 0.409. The first kappa shape index (κ1) is 17.7. The highest BCUT2D eigenvalue weighted by atomic mass is 16.1. The predicted octanol–water partition coefficient (Wildman–Crippen LogP) is 2.93. The Hall–Kier alpha value is -2.13. The Balaban J connectivity index is 1.45. The second-order valence-electron chi connectivity index (χ2n) is 7.11. The van der Waals surface area contributed by atoms with Gasteiger partial charge in [0.25, 0.3) is 5.91 Å². The molecule has 132 valence electrons. The molecule has 0 radical (unpaired) electrons. The molecule has 0 bridgehead atoms. The molecule has 3 rings (SSSR count). The zero-order chi connectivity index (χ0) is 17.5. The molecule has 1 heterocycles. The second-order valence-corrected chi connectivity index (χ2v) is 7.11. The molecule has 2 N–H and O–H groups in total. The van der Waals surface area contributed by atoms with Crippen molar-refractivity contribution in [3.63, 3.8) is 0 Å². The molecule has 2 aromatic rings. The number of benzene rings is 2. The Morgan fingerprint density at radius 3 is 2.48 bits per heavy atom. The third kappa shape index (κ3) is 4.93. The van der Waals surface area contributed by atoms with Gasteiger partial charge in [0.05, 0.1) is 19.1 Å². The molecule has 0 saturated carbocycles. The summed E-state index contributed by atoms with van der Waals surface area (Å²) in [4.78, 5) is 14.0. The lowest BCUT2D eigenvalue weighted by molar-refractivity contribution is -0.928. The van der Waals surface area contributed by atoms with Crippen LogP contribution in [0.2, 0.25) is 0 Å². The molecule has 1 aliphatic heterocycles. The van der Waals surface area contributed by atoms with Crippen LogP contribution in [0, 0.1) is 0 Å². The summed E-state index contributed by atoms with van der Waals surface area (Å²) in [5.41, 5.74) is 3.05. The quantitative estimate of drug-likeness (QED) is 0.781. The molecule has 1 aliphatic rings. The minimum atomic E-state index is 0.0290. The van der Waals surface area contributed by atoms with Crippen LogP contribution >= 0.6 is 0 Å². The minimum absolute atomic E-state index is 0.0290. The van der Waals surface area contributed by atoms with E-state index in [1.54, 1.807) is 4.90 Å². The van der Waals surface area contributed by atoms with Gasteiger partial charge < -0.3 is 10.2 Å². The summed E-state index contributed by atoms with van der Waals surface area (Å²) < 4.78 is 0. The number of likely N-dealkylation sites (tertiary alicyclic amines) is 1. The third-order valence-corrected chi connectivity index (χ3v) is 5.30. The van der Waals surface area contributed by atoms with E-state index < -0.39 is 0 Å². The van der Waals surface area contributed by atoms with Crippen molar-refractivity contribution in [3.8, 4) is 11.1 Å². The maximum absolute atomic E-state index is 12.3. The van der Waals surface area contributed by atoms with Gasteiger partial charge in [-0.1, -0.05) is 42.5 Å². The van der Waals surface area contributed by atoms with E-state index in [9.17, 15) is 4.79 Å². The normalized spacial score (nSPS) is 20.2. The Bertz CT molecular complexity index is 666. The van der Waals surface area contributed by atoms with Gasteiger partial charge in [0.1, 0.15) is 0 Å². The minimum Gasteiger partial charge on any atom is -0.352 e. The number of amides is 1. The molecule has 1 unspecified atom stereocenters. The van der Waals surface area contributed by atoms with E-state index in [1.807, 2.05) is 42.5 Å². The van der Waals surface area contributed by atoms with Crippen LogP contribution < -0.4 is 10.2 Å². The number of nitrogens with one attached hydrogen (secondary N) is 2. The van der Waals surface area contributed by atoms with Crippen LogP contribution in [0.5, 0.6) is 0 Å². The summed E-state index contributed by atoms with van der Waals surface area (Å²) in [6, 6.07) is 18.9. The van der Waals surface area contributed by atoms with Gasteiger partial charge in [-0.25, -0.2) is 0 Å². The van der Waals surface area contributed by atoms with Crippen molar-refractivity contribution in [3.05, 3.63) is 60.2 Å². The first-order valence-corrected chi connectivity index (χ1v) is 9.52. The molecule has 0 aromatic heterocycles. The Kier molecular flexibility index (Phi) is 6.24. The molecule has 3 heteroatoms. The molecule has 0 spiro atoms. The van der Waals surface area contributed by atoms with Crippen molar-refractivity contribution < 1.29 is 9.69 Å². The molecule has 2 atom stereocenters. The lowest BCUT2D eigenvalue weighted by Gasteiger charge is -2.30. The number of carbonyl (C=O) groups is 1. The summed E-state index contributed by atoms with van der Waals surface area (Å²) in [5, 5.41) is 3.06. The van der Waals surface area contributed by atoms with Crippen molar-refractivity contribution in [2.75, 3.05) is 19.6 Å². The maximum atomic E-state index is 12.3. The zero-order valence-electron chi connectivity index (χ0n) is 15.1. The van der Waals surface area contributed by atoms with E-state index in [1.165, 1.54) is 31.4 Å². The number of carbonyl (C=O) groups excluding carboxylic acids is 1. The first-order chi connectivity index (χ1) is 12.2. The number of hydrogen-bond acceptors (Lipinski definition) is 1. The molecule has 25 heavy (non-hydrogen) atoms. The summed E-state index contributed by atoms with van der Waals surface area (Å²) in [6.45, 7) is 5.56. The van der Waals surface area contributed by atoms with Gasteiger partial charge in [0.15, 0.2) is 0 Å². The second kappa shape index (κ2) is 8.82. The van der Waals surface area contributed by atoms with E-state index in [0.717, 1.165) is 36.7 Å². The molecule has 1 saturated heterocycles. The summed E-state index contributed by atoms with van der Waals surface area (Å²) in [6.07, 6.45) is 5.11. The highest BCUT2D eigenvalue weighted by molar-refractivity contribution is 5.94. The van der Waals surface area contributed by atoms with Gasteiger partial charge in [0, 0.05) is 18.5 Å². The number of hydrogen-bond donors (Lipinski definition) is 2. The largest absolute Gasteiger partial charge is 0.352 e. The Labute approximate surface area is 151 Å². The highest BCUT2D eigenvalue weighted by Crippen LogP contribution is 2.19. The van der Waals surface area contributed by atoms with Gasteiger partial charge in [-0.15, -0.1) is 0 Å². The van der Waals surface area contributed by atoms with Crippen LogP contribution in [0.15, 0.2) is 54.6 Å². The average Bonchev–Trinajstić information content (AvgIpc) is 2.67. The van der Waals surface area contributed by atoms with Crippen LogP contribution in [-0.2, 0) is 0 Å². The van der Waals surface area contributed by atoms with Crippen molar-refractivity contribution >= 4 is 5.91 Å². The molecule has 0 aliphatic carbocycles. The molecule has 2 aromatic carbocycles. The van der Waals surface area contributed by atoms with E-state index in [0.29, 0.717) is 0 Å². The standard InChI is InChI=1S/C22H28N2O/c1-18-8-5-6-16-24(18)17-7-15-23-22(25)21-13-11-20(12-14-21)19-9-3-2-4-10-19/h2-4,9-14,18H,5-8,15-17H2,1H3,(H,23,25)/p+1/t18-/m0/s1. The van der Waals surface area contributed by atoms with Gasteiger partial charge in [-0.3, -0.25) is 4.79 Å². The SMILES string of the molecule is C[C@H]1CCCC[NH+]1CCCNC(=O)c1ccc(-c2ccccc2)cc1. The topological polar surface area (TPSA) is 33.5 Å². The fourth-order valence-corrected chi connectivity index (χ4v) is 3.69. The first-order valence-electron chi connectivity index (χ1n) is 9.52. The molecular weight excluding hydrogens is 308 g/mol. The van der Waals surface area contributed by atoms with E-state index in [-0.39, 0.29) is 5.91 Å². The maximum Gasteiger partial charge on any atom is 0.251 e. The van der Waals surface area contributed by atoms with Crippen molar-refractivity contribution in [2.24, 2.45) is 0 Å². The van der Waals surface area contributed by atoms with Crippen LogP contribution in [0.3, 0.4) is 0 Å². The van der Waals surface area contributed by atoms with E-state index in [2.05, 4.69) is 24.4 Å². The predicted molar refractivity (Wildman–Crippen MR) is 103 cm³/mol. The molecular formula is C22H29N2O+. The van der Waals surface area contributed by atoms with E-state index >= 15 is 0 Å². The lowest BCUT2D eigenvalue weighted by Crippen LogP contribution is -3.16. The summed E-state index contributed by atoms with van der Waals surface area (Å²) in [5.74, 6) is 0.0290. The lowest BCUT2D eigenvalue weighted by atomic mass is 10.0. The molecule has 1 amide bonds. The van der Waals surface area contributed by atoms with E-state index in [4.69, 9.17) is 0 Å². The number of quaternary nitrogens is 1. The van der Waals surface area contributed by atoms with Crippen LogP contribution in [0.4, 0.5) is 0 Å². The van der Waals surface area contributed by atoms with Crippen molar-refractivity contribution in [2.45, 2.75) is 38.6 Å². The Morgan fingerprint density at radius 2 is 1.76 bits per heavy atom. The van der Waals surface area contributed by atoms with Crippen LogP contribution in [-0.4, -0.2) is 31.6 Å². The zero-order valence-corrected chi connectivity index (χ0v) is 15.1. The monoisotopic (exact) mass is 337 g/mol. The van der Waals surface area contributed by atoms with Gasteiger partial charge >= 0.3 is 0 Å². The summed E-state index contributed by atoms with van der Waals surface area (Å²) >= 11 is 0. The number of piperidine rings is 1. The summed E-state index contributed by atoms with van der Waals surface area (Å²) in [7, 11) is 0. The van der Waals surface area contributed by atoms with Gasteiger partial charge in [-0.05, 0) is 49.4 Å². The number of rotatable bonds is 6. The fourth-order valence-electron chi connectivity index (χ4n) is 3.69. The van der Waals surface area contributed by atoms with Gasteiger partial charge in [-0.2, -0.15) is 0 Å².